The molecule has 2 aromatic carbocycles. The lowest BCUT2D eigenvalue weighted by atomic mass is 9.95. The molecule has 1 aliphatic rings. The molecule has 0 bridgehead atoms. The van der Waals surface area contributed by atoms with E-state index in [4.69, 9.17) is 0 Å². The molecule has 128 valence electrons. The summed E-state index contributed by atoms with van der Waals surface area (Å²) in [6.45, 7) is 2.01. The van der Waals surface area contributed by atoms with Crippen LogP contribution in [-0.2, 0) is 0 Å². The highest BCUT2D eigenvalue weighted by molar-refractivity contribution is 6.05. The number of hydrogen-bond donors (Lipinski definition) is 1. The van der Waals surface area contributed by atoms with Crippen molar-refractivity contribution in [2.75, 3.05) is 5.32 Å². The van der Waals surface area contributed by atoms with Crippen molar-refractivity contribution in [3.8, 4) is 0 Å². The molecule has 1 N–H and O–H groups in total. The number of nitrogens with one attached hydrogen (secondary N) is 1. The van der Waals surface area contributed by atoms with Gasteiger partial charge in [-0.25, -0.2) is 4.98 Å². The number of carbonyl (C=O) groups excluding carboxylic acids is 1. The number of fused-ring (bicyclic) bond motifs is 1. The Kier molecular flexibility index (Phi) is 4.26. The predicted octanol–water partition coefficient (Wildman–Crippen LogP) is 5.10. The summed E-state index contributed by atoms with van der Waals surface area (Å²) < 4.78 is 2.31. The van der Waals surface area contributed by atoms with Gasteiger partial charge in [-0.1, -0.05) is 37.0 Å². The second kappa shape index (κ2) is 6.71. The quantitative estimate of drug-likeness (QED) is 0.724. The van der Waals surface area contributed by atoms with Crippen LogP contribution in [0, 0.1) is 6.92 Å². The average molecular weight is 333 g/mol. The van der Waals surface area contributed by atoms with Gasteiger partial charge in [0, 0.05) is 17.3 Å². The molecule has 1 saturated carbocycles. The third-order valence-electron chi connectivity index (χ3n) is 5.11. The zero-order valence-electron chi connectivity index (χ0n) is 14.5. The molecular weight excluding hydrogens is 310 g/mol. The van der Waals surface area contributed by atoms with Gasteiger partial charge < -0.3 is 9.88 Å². The van der Waals surface area contributed by atoms with Crippen LogP contribution in [-0.4, -0.2) is 15.5 Å². The van der Waals surface area contributed by atoms with Gasteiger partial charge in [-0.3, -0.25) is 4.79 Å². The van der Waals surface area contributed by atoms with E-state index in [1.165, 1.54) is 32.1 Å². The lowest BCUT2D eigenvalue weighted by Gasteiger charge is -2.23. The number of nitrogens with zero attached hydrogens (tertiary/aromatic N) is 2. The molecule has 4 heteroatoms. The third-order valence-corrected chi connectivity index (χ3v) is 5.11. The molecule has 3 aromatic rings. The van der Waals surface area contributed by atoms with E-state index >= 15 is 0 Å². The number of imidazole rings is 1. The van der Waals surface area contributed by atoms with Crippen molar-refractivity contribution < 1.29 is 4.79 Å². The van der Waals surface area contributed by atoms with Gasteiger partial charge in [-0.05, 0) is 50.1 Å². The highest BCUT2D eigenvalue weighted by Gasteiger charge is 2.17. The van der Waals surface area contributed by atoms with Crippen molar-refractivity contribution >= 4 is 22.6 Å². The van der Waals surface area contributed by atoms with Crippen LogP contribution in [0.1, 0.15) is 54.1 Å². The minimum absolute atomic E-state index is 0.0916. The molecule has 4 nitrogen and oxygen atoms in total. The van der Waals surface area contributed by atoms with Crippen molar-refractivity contribution in [3.05, 3.63) is 59.9 Å². The smallest absolute Gasteiger partial charge is 0.255 e. The number of hydrogen-bond acceptors (Lipinski definition) is 2. The van der Waals surface area contributed by atoms with Gasteiger partial charge in [0.05, 0.1) is 17.4 Å². The number of aryl methyl sites for hydroxylation is 1. The Bertz CT molecular complexity index is 889. The number of benzene rings is 2. The Morgan fingerprint density at radius 2 is 1.84 bits per heavy atom. The Labute approximate surface area is 147 Å². The zero-order chi connectivity index (χ0) is 17.2. The Morgan fingerprint density at radius 1 is 1.08 bits per heavy atom. The molecule has 0 radical (unpaired) electrons. The molecule has 0 unspecified atom stereocenters. The van der Waals surface area contributed by atoms with Crippen LogP contribution in [0.5, 0.6) is 0 Å². The zero-order valence-corrected chi connectivity index (χ0v) is 14.5. The van der Waals surface area contributed by atoms with Crippen molar-refractivity contribution in [2.24, 2.45) is 0 Å². The summed E-state index contributed by atoms with van der Waals surface area (Å²) in [5.74, 6) is -0.0916. The number of rotatable bonds is 3. The molecule has 1 amide bonds. The molecule has 1 fully saturated rings. The van der Waals surface area contributed by atoms with E-state index in [1.807, 2.05) is 49.6 Å². The maximum Gasteiger partial charge on any atom is 0.255 e. The van der Waals surface area contributed by atoms with E-state index in [0.717, 1.165) is 22.3 Å². The fraction of sp³-hybridized carbons (Fsp3) is 0.333. The van der Waals surface area contributed by atoms with E-state index in [0.29, 0.717) is 11.6 Å². The molecule has 0 saturated heterocycles. The van der Waals surface area contributed by atoms with Gasteiger partial charge in [-0.2, -0.15) is 0 Å². The van der Waals surface area contributed by atoms with Crippen LogP contribution < -0.4 is 5.32 Å². The van der Waals surface area contributed by atoms with E-state index in [9.17, 15) is 4.79 Å². The number of amides is 1. The maximum atomic E-state index is 12.4. The van der Waals surface area contributed by atoms with Gasteiger partial charge in [0.1, 0.15) is 0 Å². The first-order chi connectivity index (χ1) is 12.2. The standard InChI is InChI=1S/C21H23N3O/c1-15-7-9-16(10-8-15)21(25)23-17-11-12-20-19(13-17)22-14-24(20)18-5-3-2-4-6-18/h7-14,18H,2-6H2,1H3,(H,23,25). The van der Waals surface area contributed by atoms with E-state index in [-0.39, 0.29) is 5.91 Å². The summed E-state index contributed by atoms with van der Waals surface area (Å²) in [4.78, 5) is 16.9. The molecule has 4 rings (SSSR count). The van der Waals surface area contributed by atoms with Gasteiger partial charge in [0.25, 0.3) is 5.91 Å². The van der Waals surface area contributed by atoms with Gasteiger partial charge in [-0.15, -0.1) is 0 Å². The molecule has 1 aliphatic carbocycles. The summed E-state index contributed by atoms with van der Waals surface area (Å²) in [6.07, 6.45) is 8.36. The minimum atomic E-state index is -0.0916. The number of carbonyl (C=O) groups is 1. The van der Waals surface area contributed by atoms with E-state index < -0.39 is 0 Å². The summed E-state index contributed by atoms with van der Waals surface area (Å²) in [6, 6.07) is 14.2. The van der Waals surface area contributed by atoms with Crippen molar-refractivity contribution in [2.45, 2.75) is 45.1 Å². The molecule has 1 heterocycles. The maximum absolute atomic E-state index is 12.4. The van der Waals surface area contributed by atoms with Crippen molar-refractivity contribution in [3.63, 3.8) is 0 Å². The number of anilines is 1. The van der Waals surface area contributed by atoms with Crippen molar-refractivity contribution in [1.29, 1.82) is 0 Å². The Balaban J connectivity index is 1.55. The normalized spacial score (nSPS) is 15.4. The molecule has 0 atom stereocenters. The highest BCUT2D eigenvalue weighted by atomic mass is 16.1. The Morgan fingerprint density at radius 3 is 2.60 bits per heavy atom. The highest BCUT2D eigenvalue weighted by Crippen LogP contribution is 2.31. The molecule has 25 heavy (non-hydrogen) atoms. The van der Waals surface area contributed by atoms with Crippen LogP contribution in [0.15, 0.2) is 48.8 Å². The first-order valence-corrected chi connectivity index (χ1v) is 9.05. The second-order valence-electron chi connectivity index (χ2n) is 6.97. The summed E-state index contributed by atoms with van der Waals surface area (Å²) in [5.41, 5.74) is 4.68. The largest absolute Gasteiger partial charge is 0.327 e. The van der Waals surface area contributed by atoms with Gasteiger partial charge >= 0.3 is 0 Å². The lowest BCUT2D eigenvalue weighted by molar-refractivity contribution is 0.102. The molecular formula is C21H23N3O. The Hall–Kier alpha value is -2.62. The van der Waals surface area contributed by atoms with E-state index in [2.05, 4.69) is 20.9 Å². The minimum Gasteiger partial charge on any atom is -0.327 e. The molecule has 0 spiro atoms. The van der Waals surface area contributed by atoms with Crippen LogP contribution in [0.25, 0.3) is 11.0 Å². The van der Waals surface area contributed by atoms with E-state index in [1.54, 1.807) is 0 Å². The first-order valence-electron chi connectivity index (χ1n) is 9.05. The average Bonchev–Trinajstić information content (AvgIpc) is 3.06. The second-order valence-corrected chi connectivity index (χ2v) is 6.97. The summed E-state index contributed by atoms with van der Waals surface area (Å²) in [7, 11) is 0. The van der Waals surface area contributed by atoms with Crippen LogP contribution in [0.4, 0.5) is 5.69 Å². The fourth-order valence-corrected chi connectivity index (χ4v) is 3.67. The summed E-state index contributed by atoms with van der Waals surface area (Å²) >= 11 is 0. The first kappa shape index (κ1) is 15.9. The predicted molar refractivity (Wildman–Crippen MR) is 101 cm³/mol. The third kappa shape index (κ3) is 3.29. The molecule has 0 aliphatic heterocycles. The van der Waals surface area contributed by atoms with Crippen molar-refractivity contribution in [1.82, 2.24) is 9.55 Å². The fourth-order valence-electron chi connectivity index (χ4n) is 3.67. The van der Waals surface area contributed by atoms with Crippen LogP contribution >= 0.6 is 0 Å². The van der Waals surface area contributed by atoms with Gasteiger partial charge in [0.2, 0.25) is 0 Å². The van der Waals surface area contributed by atoms with Gasteiger partial charge in [0.15, 0.2) is 0 Å². The monoisotopic (exact) mass is 333 g/mol. The van der Waals surface area contributed by atoms with Crippen LogP contribution in [0.3, 0.4) is 0 Å². The molecule has 1 aromatic heterocycles. The SMILES string of the molecule is Cc1ccc(C(=O)Nc2ccc3c(c2)ncn3C2CCCCC2)cc1. The number of aromatic nitrogens is 2. The summed E-state index contributed by atoms with van der Waals surface area (Å²) in [5, 5.41) is 2.97. The van der Waals surface area contributed by atoms with Crippen LogP contribution in [0.2, 0.25) is 0 Å². The topological polar surface area (TPSA) is 46.9 Å². The lowest BCUT2D eigenvalue weighted by Crippen LogP contribution is -2.12.